The monoisotopic (exact) mass is 426 g/mol. The zero-order valence-electron chi connectivity index (χ0n) is 15.0. The lowest BCUT2D eigenvalue weighted by atomic mass is 10.2. The van der Waals surface area contributed by atoms with Crippen molar-refractivity contribution < 1.29 is 4.79 Å². The number of nitrogens with two attached hydrogens (primary N) is 1. The lowest BCUT2D eigenvalue weighted by Crippen LogP contribution is -2.28. The fourth-order valence-corrected chi connectivity index (χ4v) is 3.21. The summed E-state index contributed by atoms with van der Waals surface area (Å²) < 4.78 is 2.02. The van der Waals surface area contributed by atoms with Crippen molar-refractivity contribution in [1.82, 2.24) is 14.7 Å². The number of amides is 1. The number of fused-ring (bicyclic) bond motifs is 1. The lowest BCUT2D eigenvalue weighted by molar-refractivity contribution is 0.0952. The van der Waals surface area contributed by atoms with E-state index in [-0.39, 0.29) is 36.8 Å². The second-order valence-corrected chi connectivity index (χ2v) is 7.08. The highest BCUT2D eigenvalue weighted by Gasteiger charge is 2.06. The van der Waals surface area contributed by atoms with Gasteiger partial charge in [0.2, 0.25) is 0 Å². The molecule has 0 aliphatic carbocycles. The van der Waals surface area contributed by atoms with Crippen molar-refractivity contribution in [3.63, 3.8) is 0 Å². The van der Waals surface area contributed by atoms with E-state index in [4.69, 9.17) is 5.73 Å². The summed E-state index contributed by atoms with van der Waals surface area (Å²) in [5, 5.41) is 2.88. The summed E-state index contributed by atoms with van der Waals surface area (Å²) in [6.45, 7) is 2.53. The third kappa shape index (κ3) is 6.74. The first-order valence-corrected chi connectivity index (χ1v) is 9.29. The Bertz CT molecular complexity index is 819. The molecule has 3 aromatic rings. The highest BCUT2D eigenvalue weighted by Crippen LogP contribution is 2.23. The van der Waals surface area contributed by atoms with Gasteiger partial charge in [0, 0.05) is 41.2 Å². The molecule has 0 aliphatic heterocycles. The Labute approximate surface area is 175 Å². The van der Waals surface area contributed by atoms with Crippen molar-refractivity contribution in [3.8, 4) is 0 Å². The molecule has 0 spiro atoms. The van der Waals surface area contributed by atoms with Gasteiger partial charge in [0.05, 0.1) is 5.69 Å². The predicted octanol–water partition coefficient (Wildman–Crippen LogP) is 3.94. The first-order chi connectivity index (χ1) is 12.1. The van der Waals surface area contributed by atoms with Crippen LogP contribution in [0.2, 0.25) is 0 Å². The standard InChI is InChI=1S/C19H22N4OS.2ClH/c1-14(20)9-10-21-19(24)15-5-7-17(8-6-15)25-13-16-12-23-11-3-2-4-18(23)22-16;;/h2-8,11-12,14H,9-10,13,20H2,1H3,(H,21,24);2*1H. The smallest absolute Gasteiger partial charge is 0.251 e. The molecule has 1 unspecified atom stereocenters. The van der Waals surface area contributed by atoms with Crippen LogP contribution < -0.4 is 11.1 Å². The third-order valence-corrected chi connectivity index (χ3v) is 4.85. The topological polar surface area (TPSA) is 72.4 Å². The van der Waals surface area contributed by atoms with Crippen LogP contribution in [0.4, 0.5) is 0 Å². The molecule has 5 nitrogen and oxygen atoms in total. The minimum Gasteiger partial charge on any atom is -0.352 e. The quantitative estimate of drug-likeness (QED) is 0.561. The fraction of sp³-hybridized carbons (Fsp3) is 0.263. The van der Waals surface area contributed by atoms with E-state index in [9.17, 15) is 4.79 Å². The van der Waals surface area contributed by atoms with Gasteiger partial charge in [0.1, 0.15) is 5.65 Å². The second-order valence-electron chi connectivity index (χ2n) is 6.03. The van der Waals surface area contributed by atoms with E-state index in [2.05, 4.69) is 10.3 Å². The molecule has 27 heavy (non-hydrogen) atoms. The molecular formula is C19H24Cl2N4OS. The van der Waals surface area contributed by atoms with Crippen molar-refractivity contribution in [3.05, 3.63) is 66.1 Å². The lowest BCUT2D eigenvalue weighted by Gasteiger charge is -2.07. The van der Waals surface area contributed by atoms with Gasteiger partial charge in [-0.3, -0.25) is 4.79 Å². The molecule has 0 radical (unpaired) electrons. The molecule has 8 heteroatoms. The summed E-state index contributed by atoms with van der Waals surface area (Å²) >= 11 is 1.71. The summed E-state index contributed by atoms with van der Waals surface area (Å²) in [6.07, 6.45) is 4.82. The van der Waals surface area contributed by atoms with Crippen LogP contribution in [0, 0.1) is 0 Å². The van der Waals surface area contributed by atoms with E-state index in [0.717, 1.165) is 28.4 Å². The highest BCUT2D eigenvalue weighted by atomic mass is 35.5. The average Bonchev–Trinajstić information content (AvgIpc) is 3.03. The Balaban J connectivity index is 0.00000182. The van der Waals surface area contributed by atoms with E-state index < -0.39 is 0 Å². The van der Waals surface area contributed by atoms with E-state index in [1.54, 1.807) is 11.8 Å². The van der Waals surface area contributed by atoms with Crippen molar-refractivity contribution >= 4 is 48.1 Å². The molecule has 2 aromatic heterocycles. The zero-order valence-corrected chi connectivity index (χ0v) is 17.4. The molecular weight excluding hydrogens is 403 g/mol. The Hall–Kier alpha value is -1.73. The SMILES string of the molecule is CC(N)CCNC(=O)c1ccc(SCc2cn3ccccc3n2)cc1.Cl.Cl. The Kier molecular flexibility index (Phi) is 9.66. The van der Waals surface area contributed by atoms with Gasteiger partial charge in [0.25, 0.3) is 5.91 Å². The largest absolute Gasteiger partial charge is 0.352 e. The fourth-order valence-electron chi connectivity index (χ4n) is 2.43. The zero-order chi connectivity index (χ0) is 17.6. The Morgan fingerprint density at radius 1 is 1.22 bits per heavy atom. The number of hydrogen-bond acceptors (Lipinski definition) is 4. The first kappa shape index (κ1) is 23.3. The number of nitrogens with one attached hydrogen (secondary N) is 1. The number of imidazole rings is 1. The van der Waals surface area contributed by atoms with Gasteiger partial charge in [-0.05, 0) is 49.7 Å². The van der Waals surface area contributed by atoms with Crippen LogP contribution in [0.25, 0.3) is 5.65 Å². The predicted molar refractivity (Wildman–Crippen MR) is 116 cm³/mol. The van der Waals surface area contributed by atoms with E-state index in [0.29, 0.717) is 12.1 Å². The molecule has 0 aliphatic rings. The Morgan fingerprint density at radius 3 is 2.63 bits per heavy atom. The number of thioether (sulfide) groups is 1. The van der Waals surface area contributed by atoms with Crippen LogP contribution in [0.15, 0.2) is 59.8 Å². The number of pyridine rings is 1. The van der Waals surface area contributed by atoms with Crippen LogP contribution in [0.5, 0.6) is 0 Å². The molecule has 1 aromatic carbocycles. The molecule has 0 saturated heterocycles. The van der Waals surface area contributed by atoms with Gasteiger partial charge >= 0.3 is 0 Å². The van der Waals surface area contributed by atoms with Crippen molar-refractivity contribution in [1.29, 1.82) is 0 Å². The minimum absolute atomic E-state index is 0. The number of aromatic nitrogens is 2. The number of hydrogen-bond donors (Lipinski definition) is 2. The van der Waals surface area contributed by atoms with E-state index in [1.807, 2.05) is 66.2 Å². The highest BCUT2D eigenvalue weighted by molar-refractivity contribution is 7.98. The molecule has 2 heterocycles. The maximum atomic E-state index is 12.0. The number of rotatable bonds is 7. The van der Waals surface area contributed by atoms with Gasteiger partial charge in [-0.2, -0.15) is 0 Å². The Morgan fingerprint density at radius 2 is 1.96 bits per heavy atom. The number of carbonyl (C=O) groups is 1. The number of nitrogens with zero attached hydrogens (tertiary/aromatic N) is 2. The maximum Gasteiger partial charge on any atom is 0.251 e. The van der Waals surface area contributed by atoms with E-state index >= 15 is 0 Å². The van der Waals surface area contributed by atoms with Crippen molar-refractivity contribution in [2.24, 2.45) is 5.73 Å². The molecule has 1 atom stereocenters. The van der Waals surface area contributed by atoms with Crippen LogP contribution in [-0.4, -0.2) is 27.9 Å². The number of halogens is 2. The van der Waals surface area contributed by atoms with Crippen LogP contribution >= 0.6 is 36.6 Å². The molecule has 1 amide bonds. The van der Waals surface area contributed by atoms with Crippen LogP contribution in [-0.2, 0) is 5.75 Å². The third-order valence-electron chi connectivity index (χ3n) is 3.80. The van der Waals surface area contributed by atoms with Crippen LogP contribution in [0.3, 0.4) is 0 Å². The van der Waals surface area contributed by atoms with Crippen molar-refractivity contribution in [2.75, 3.05) is 6.54 Å². The molecule has 0 fully saturated rings. The van der Waals surface area contributed by atoms with Crippen molar-refractivity contribution in [2.45, 2.75) is 30.0 Å². The van der Waals surface area contributed by atoms with Gasteiger partial charge < -0.3 is 15.5 Å². The first-order valence-electron chi connectivity index (χ1n) is 8.31. The normalized spacial score (nSPS) is 11.3. The number of carbonyl (C=O) groups excluding carboxylic acids is 1. The molecule has 3 rings (SSSR count). The van der Waals surface area contributed by atoms with E-state index in [1.165, 1.54) is 0 Å². The summed E-state index contributed by atoms with van der Waals surface area (Å²) in [7, 11) is 0. The molecule has 3 N–H and O–H groups in total. The van der Waals surface area contributed by atoms with Gasteiger partial charge in [-0.15, -0.1) is 36.6 Å². The maximum absolute atomic E-state index is 12.0. The van der Waals surface area contributed by atoms with Crippen LogP contribution in [0.1, 0.15) is 29.4 Å². The molecule has 0 bridgehead atoms. The second kappa shape index (κ2) is 11.2. The minimum atomic E-state index is -0.0578. The number of benzene rings is 1. The summed E-state index contributed by atoms with van der Waals surface area (Å²) in [5.74, 6) is 0.735. The molecule has 0 saturated carbocycles. The summed E-state index contributed by atoms with van der Waals surface area (Å²) in [4.78, 5) is 17.7. The average molecular weight is 427 g/mol. The molecule has 146 valence electrons. The van der Waals surface area contributed by atoms with Gasteiger partial charge in [0.15, 0.2) is 0 Å². The summed E-state index contributed by atoms with van der Waals surface area (Å²) in [6, 6.07) is 13.7. The summed E-state index contributed by atoms with van der Waals surface area (Å²) in [5.41, 5.74) is 8.34. The van der Waals surface area contributed by atoms with Gasteiger partial charge in [-0.25, -0.2) is 4.98 Å². The van der Waals surface area contributed by atoms with Gasteiger partial charge in [-0.1, -0.05) is 6.07 Å².